The molecule has 14 heteroatoms. The van der Waals surface area contributed by atoms with Crippen molar-refractivity contribution in [3.05, 3.63) is 106 Å². The summed E-state index contributed by atoms with van der Waals surface area (Å²) in [6, 6.07) is 21.2. The second-order valence-corrected chi connectivity index (χ2v) is 46.9. The van der Waals surface area contributed by atoms with Gasteiger partial charge in [-0.15, -0.1) is 5.54 Å². The number of nitrogens with one attached hydrogen (secondary N) is 2. The second-order valence-electron chi connectivity index (χ2n) is 41.3. The molecule has 6 aromatic rings. The summed E-state index contributed by atoms with van der Waals surface area (Å²) in [5.74, 6) is 22.6. The van der Waals surface area contributed by atoms with Crippen LogP contribution < -0.4 is 33.2 Å². The van der Waals surface area contributed by atoms with Crippen LogP contribution in [0.5, 0.6) is 40.2 Å². The van der Waals surface area contributed by atoms with E-state index in [1.54, 1.807) is 13.3 Å². The quantitative estimate of drug-likeness (QED) is 0.0214. The van der Waals surface area contributed by atoms with E-state index in [0.29, 0.717) is 184 Å². The molecule has 0 saturated carbocycles. The summed E-state index contributed by atoms with van der Waals surface area (Å²) in [4.78, 5) is 24.7. The summed E-state index contributed by atoms with van der Waals surface area (Å²) < 4.78 is 54.5. The van der Waals surface area contributed by atoms with Gasteiger partial charge in [0.1, 0.15) is 19.5 Å². The van der Waals surface area contributed by atoms with Gasteiger partial charge in [0, 0.05) is 29.3 Å². The highest BCUT2D eigenvalue weighted by molar-refractivity contribution is 6.90. The van der Waals surface area contributed by atoms with Crippen LogP contribution in [0.2, 0.25) is 16.6 Å². The number of aromatic nitrogens is 5. The van der Waals surface area contributed by atoms with Crippen LogP contribution in [-0.4, -0.2) is 86.5 Å². The average Bonchev–Trinajstić information content (AvgIpc) is 1.61. The first-order valence-electron chi connectivity index (χ1n) is 49.7. The minimum Gasteiger partial charge on any atom is -0.490 e. The Morgan fingerprint density at radius 2 is 0.619 bits per heavy atom. The van der Waals surface area contributed by atoms with Gasteiger partial charge < -0.3 is 47.9 Å². The van der Waals surface area contributed by atoms with Crippen molar-refractivity contribution in [1.82, 2.24) is 24.9 Å². The topological polar surface area (TPSA) is 144 Å². The van der Waals surface area contributed by atoms with Crippen molar-refractivity contribution in [1.29, 1.82) is 0 Å². The molecule has 0 amide bonds. The molecule has 8 bridgehead atoms. The summed E-state index contributed by atoms with van der Waals surface area (Å²) in [6.07, 6.45) is 37.1. The first-order valence-corrected chi connectivity index (χ1v) is 52.0. The lowest BCUT2D eigenvalue weighted by Crippen LogP contribution is -2.43. The SMILES string of the molecule is COCOc1ccc(C#Cc2c3nc(c(-c4cc(OCC[C@@H](C)CCCC(C)C)c(OCC[C@@H](C)CCCC(C)C)c(OCC[C@@H](C)CCCC(C)C)c4)c4ccc([nH]4)c(C#C[Si](C(C)C)(C(C)C)C(C)C)c4nc(c(-c5cc(OCC[C@@H](C)CCCC(C)C)c(OCC[C@@H](C)CCCC(C)C)c(OCC[C@@H](C)CCCC(C)C)c5)c5ccc2[nH]5)C=C4)C=C3)nc1. The van der Waals surface area contributed by atoms with Crippen molar-refractivity contribution in [2.75, 3.05) is 53.5 Å². The monoisotopic (exact) mass is 1740 g/mol. The normalized spacial score (nSPS) is 13.8. The Hall–Kier alpha value is -7.91. The number of pyridine rings is 1. The molecule has 8 rings (SSSR count). The van der Waals surface area contributed by atoms with Crippen LogP contribution in [0.15, 0.2) is 66.9 Å². The van der Waals surface area contributed by atoms with E-state index in [-0.39, 0.29) is 6.79 Å². The number of rotatable bonds is 56. The van der Waals surface area contributed by atoms with Crippen molar-refractivity contribution in [3.63, 3.8) is 0 Å². The van der Waals surface area contributed by atoms with Crippen molar-refractivity contribution in [2.45, 2.75) is 337 Å². The van der Waals surface area contributed by atoms with E-state index in [0.717, 1.165) is 144 Å². The number of hydrogen-bond donors (Lipinski definition) is 2. The summed E-state index contributed by atoms with van der Waals surface area (Å²) >= 11 is 0. The molecular weight excluding hydrogens is 1570 g/mol. The van der Waals surface area contributed by atoms with Crippen LogP contribution in [0.4, 0.5) is 0 Å². The van der Waals surface area contributed by atoms with Crippen LogP contribution in [0, 0.1) is 94.3 Å². The molecule has 13 nitrogen and oxygen atoms in total. The Balaban J connectivity index is 1.50. The lowest BCUT2D eigenvalue weighted by atomic mass is 9.97. The minimum absolute atomic E-state index is 0.0990. The zero-order valence-electron chi connectivity index (χ0n) is 83.3. The predicted molar refractivity (Wildman–Crippen MR) is 538 cm³/mol. The first kappa shape index (κ1) is 103. The fraction of sp³-hybridized carbons (Fsp3) is 0.634. The number of benzene rings is 2. The summed E-state index contributed by atoms with van der Waals surface area (Å²) in [5, 5.41) is 0. The van der Waals surface area contributed by atoms with E-state index in [4.69, 9.17) is 52.8 Å². The van der Waals surface area contributed by atoms with Crippen molar-refractivity contribution < 1.29 is 37.9 Å². The number of methoxy groups -OCH3 is 1. The van der Waals surface area contributed by atoms with Crippen LogP contribution in [0.3, 0.4) is 0 Å². The summed E-state index contributed by atoms with van der Waals surface area (Å²) in [7, 11) is -0.777. The zero-order chi connectivity index (χ0) is 91.4. The van der Waals surface area contributed by atoms with E-state index in [1.165, 1.54) is 77.0 Å². The van der Waals surface area contributed by atoms with E-state index < -0.39 is 8.07 Å². The minimum atomic E-state index is -2.39. The standard InChI is InChI=1S/C112H169N5O8Si/c1-76(2)32-26-38-85(19)56-63-119-105-70-91(71-106(120-64-57-86(20)39-27-33-77(3)4)111(105)123-67-60-89(23)42-30-36-80(9)10)109-101-52-48-97(114-101)95(47-45-93-44-46-94(74-113-93)125-75-118-25)98-49-53-102(115-98)110(104-55-51-100(117-104)96(99-50-54-103(109)116-99)62-69-126(82(13)14,83(15)16)84(17)18)92-72-107(121-65-58-87(21)40-28-34-78(5)6)112(124-68-61-90(24)43-31-37-81(11)12)108(73-92)122-66-59-88(22)41-29-35-79(7)8/h44,46,48-55,70-74,76-90,114,117H,26-43,56-61,63-68,75H2,1-25H3/t85-,86-,87-,88-,89-,90-/m0/s1. The molecule has 0 fully saturated rings. The molecule has 0 unspecified atom stereocenters. The number of H-pyrrole nitrogens is 2. The number of ether oxygens (including phenoxy) is 8. The molecule has 6 heterocycles. The predicted octanol–water partition coefficient (Wildman–Crippen LogP) is 31.7. The number of fused-ring (bicyclic) bond motifs is 8. The van der Waals surface area contributed by atoms with E-state index in [1.807, 2.05) is 12.1 Å². The Bertz CT molecular complexity index is 4390. The van der Waals surface area contributed by atoms with Gasteiger partial charge in [-0.2, -0.15) is 0 Å². The lowest BCUT2D eigenvalue weighted by Gasteiger charge is -2.38. The third kappa shape index (κ3) is 33.2. The maximum Gasteiger partial charge on any atom is 0.203 e. The molecule has 2 aliphatic rings. The van der Waals surface area contributed by atoms with E-state index >= 15 is 0 Å². The van der Waals surface area contributed by atoms with Gasteiger partial charge in [-0.3, -0.25) is 0 Å². The maximum atomic E-state index is 7.25. The lowest BCUT2D eigenvalue weighted by molar-refractivity contribution is 0.0508. The molecule has 4 aromatic heterocycles. The highest BCUT2D eigenvalue weighted by atomic mass is 28.3. The van der Waals surface area contributed by atoms with Crippen LogP contribution >= 0.6 is 0 Å². The average molecular weight is 1740 g/mol. The summed E-state index contributed by atoms with van der Waals surface area (Å²) in [5.41, 5.74) is 17.0. The molecule has 0 spiro atoms. The van der Waals surface area contributed by atoms with Gasteiger partial charge in [0.2, 0.25) is 11.5 Å². The zero-order valence-corrected chi connectivity index (χ0v) is 84.3. The van der Waals surface area contributed by atoms with Crippen molar-refractivity contribution >= 4 is 54.4 Å². The Kier molecular flexibility index (Phi) is 43.8. The summed E-state index contributed by atoms with van der Waals surface area (Å²) in [6.45, 7) is 59.7. The molecule has 6 atom stereocenters. The number of hydrogen-bond acceptors (Lipinski definition) is 11. The highest BCUT2D eigenvalue weighted by Crippen LogP contribution is 2.48. The molecule has 0 radical (unpaired) electrons. The number of aromatic amines is 2. The Morgan fingerprint density at radius 1 is 0.317 bits per heavy atom. The fourth-order valence-corrected chi connectivity index (χ4v) is 23.2. The van der Waals surface area contributed by atoms with Gasteiger partial charge in [-0.25, -0.2) is 15.0 Å². The smallest absolute Gasteiger partial charge is 0.203 e. The fourth-order valence-electron chi connectivity index (χ4n) is 17.9. The molecule has 0 saturated heterocycles. The number of nitrogens with zero attached hydrogens (tertiary/aromatic N) is 3. The van der Waals surface area contributed by atoms with E-state index in [2.05, 4.69) is 272 Å². The molecule has 0 aliphatic carbocycles. The molecule has 2 N–H and O–H groups in total. The molecule has 694 valence electrons. The van der Waals surface area contributed by atoms with Gasteiger partial charge in [0.15, 0.2) is 29.8 Å². The van der Waals surface area contributed by atoms with Crippen molar-refractivity contribution in [3.8, 4) is 85.8 Å². The molecule has 126 heavy (non-hydrogen) atoms. The van der Waals surface area contributed by atoms with Gasteiger partial charge in [0.05, 0.1) is 90.8 Å². The van der Waals surface area contributed by atoms with Gasteiger partial charge in [-0.1, -0.05) is 294 Å². The van der Waals surface area contributed by atoms with Crippen LogP contribution in [0.1, 0.15) is 360 Å². The Labute approximate surface area is 766 Å². The third-order valence-corrected chi connectivity index (χ3v) is 32.4. The van der Waals surface area contributed by atoms with E-state index in [9.17, 15) is 0 Å². The Morgan fingerprint density at radius 3 is 0.913 bits per heavy atom. The molecule has 2 aromatic carbocycles. The van der Waals surface area contributed by atoms with Gasteiger partial charge in [0.25, 0.3) is 0 Å². The molecule has 2 aliphatic heterocycles. The van der Waals surface area contributed by atoms with Gasteiger partial charge >= 0.3 is 0 Å². The highest BCUT2D eigenvalue weighted by Gasteiger charge is 2.42. The largest absolute Gasteiger partial charge is 0.490 e. The van der Waals surface area contributed by atoms with Crippen LogP contribution in [-0.2, 0) is 4.74 Å². The van der Waals surface area contributed by atoms with Crippen LogP contribution in [0.25, 0.3) is 68.6 Å². The van der Waals surface area contributed by atoms with Crippen molar-refractivity contribution in [2.24, 2.45) is 71.0 Å². The van der Waals surface area contributed by atoms with Gasteiger partial charge in [-0.05, 0) is 228 Å². The first-order chi connectivity index (χ1) is 60.3. The maximum absolute atomic E-state index is 7.25. The molecular formula is C112H169N5O8Si. The second kappa shape index (κ2) is 53.3. The third-order valence-electron chi connectivity index (χ3n) is 26.1.